The molecule has 0 aliphatic carbocycles. The normalized spacial score (nSPS) is 19.5. The van der Waals surface area contributed by atoms with Crippen molar-refractivity contribution >= 4 is 15.8 Å². The Bertz CT molecular complexity index is 813. The predicted octanol–water partition coefficient (Wildman–Crippen LogP) is 4.18. The van der Waals surface area contributed by atoms with E-state index < -0.39 is 10.1 Å². The van der Waals surface area contributed by atoms with E-state index in [2.05, 4.69) is 50.9 Å². The lowest BCUT2D eigenvalue weighted by atomic mass is 9.97. The minimum Gasteiger partial charge on any atom is -0.371 e. The lowest BCUT2D eigenvalue weighted by Crippen LogP contribution is -2.25. The maximum Gasteiger partial charge on any atom is 0.294 e. The standard InChI is InChI=1S/C12H17N.C7H8O3S/c1-8-5-6-12-11(7-8)9(2)10(3)13(12)4;1-6-2-4-7(5-3-6)11(8,9)10/h5-7,9-10H,1-4H3;2-5H,1H3,(H,8,9,10). The summed E-state index contributed by atoms with van der Waals surface area (Å²) in [6.07, 6.45) is 0. The van der Waals surface area contributed by atoms with E-state index in [1.54, 1.807) is 12.1 Å². The fourth-order valence-electron chi connectivity index (χ4n) is 2.88. The summed E-state index contributed by atoms with van der Waals surface area (Å²) in [4.78, 5) is 2.31. The first-order valence-electron chi connectivity index (χ1n) is 7.99. The van der Waals surface area contributed by atoms with Crippen LogP contribution in [0.2, 0.25) is 0 Å². The molecule has 0 saturated carbocycles. The van der Waals surface area contributed by atoms with E-state index in [4.69, 9.17) is 4.55 Å². The minimum absolute atomic E-state index is 0.0666. The van der Waals surface area contributed by atoms with Crippen LogP contribution in [0.1, 0.15) is 36.5 Å². The fraction of sp³-hybridized carbons (Fsp3) is 0.368. The average molecular weight is 347 g/mol. The van der Waals surface area contributed by atoms with Crippen LogP contribution in [0.15, 0.2) is 47.4 Å². The Kier molecular flexibility index (Phi) is 5.35. The summed E-state index contributed by atoms with van der Waals surface area (Å²) in [6.45, 7) is 8.61. The lowest BCUT2D eigenvalue weighted by molar-refractivity contribution is 0.483. The van der Waals surface area contributed by atoms with Crippen molar-refractivity contribution < 1.29 is 13.0 Å². The highest BCUT2D eigenvalue weighted by molar-refractivity contribution is 7.85. The molecular weight excluding hydrogens is 322 g/mol. The Morgan fingerprint density at radius 3 is 2.04 bits per heavy atom. The molecule has 1 aliphatic rings. The molecule has 1 N–H and O–H groups in total. The van der Waals surface area contributed by atoms with Gasteiger partial charge in [0.25, 0.3) is 10.1 Å². The van der Waals surface area contributed by atoms with E-state index in [9.17, 15) is 8.42 Å². The van der Waals surface area contributed by atoms with Crippen LogP contribution in [-0.2, 0) is 10.1 Å². The van der Waals surface area contributed by atoms with Crippen molar-refractivity contribution in [3.63, 3.8) is 0 Å². The zero-order valence-corrected chi connectivity index (χ0v) is 15.6. The zero-order valence-electron chi connectivity index (χ0n) is 14.8. The van der Waals surface area contributed by atoms with Crippen LogP contribution < -0.4 is 4.90 Å². The van der Waals surface area contributed by atoms with Crippen molar-refractivity contribution in [3.05, 3.63) is 59.2 Å². The number of hydrogen-bond donors (Lipinski definition) is 1. The molecule has 4 nitrogen and oxygen atoms in total. The van der Waals surface area contributed by atoms with E-state index in [0.717, 1.165) is 5.56 Å². The van der Waals surface area contributed by atoms with Gasteiger partial charge in [0.2, 0.25) is 0 Å². The van der Waals surface area contributed by atoms with E-state index in [1.165, 1.54) is 28.9 Å². The number of fused-ring (bicyclic) bond motifs is 1. The monoisotopic (exact) mass is 347 g/mol. The zero-order chi connectivity index (χ0) is 18.1. The first-order chi connectivity index (χ1) is 11.1. The summed E-state index contributed by atoms with van der Waals surface area (Å²) >= 11 is 0. The van der Waals surface area contributed by atoms with Crippen LogP contribution in [0.3, 0.4) is 0 Å². The molecule has 0 bridgehead atoms. The average Bonchev–Trinajstić information content (AvgIpc) is 2.72. The minimum atomic E-state index is -4.02. The quantitative estimate of drug-likeness (QED) is 0.786. The molecule has 0 fully saturated rings. The smallest absolute Gasteiger partial charge is 0.294 e. The van der Waals surface area contributed by atoms with Gasteiger partial charge in [-0.05, 0) is 44.5 Å². The Morgan fingerprint density at radius 1 is 0.958 bits per heavy atom. The molecule has 0 amide bonds. The summed E-state index contributed by atoms with van der Waals surface area (Å²) in [5, 5.41) is 0. The third-order valence-electron chi connectivity index (χ3n) is 4.71. The second kappa shape index (κ2) is 6.95. The summed E-state index contributed by atoms with van der Waals surface area (Å²) in [5.41, 5.74) is 5.24. The Balaban J connectivity index is 0.000000177. The van der Waals surface area contributed by atoms with Gasteiger partial charge in [0.05, 0.1) is 4.90 Å². The van der Waals surface area contributed by atoms with E-state index in [0.29, 0.717) is 12.0 Å². The maximum absolute atomic E-state index is 10.5. The van der Waals surface area contributed by atoms with Gasteiger partial charge in [-0.25, -0.2) is 0 Å². The van der Waals surface area contributed by atoms with Gasteiger partial charge in [-0.3, -0.25) is 4.55 Å². The van der Waals surface area contributed by atoms with Crippen molar-refractivity contribution in [3.8, 4) is 0 Å². The molecule has 0 radical (unpaired) electrons. The van der Waals surface area contributed by atoms with Crippen LogP contribution in [-0.4, -0.2) is 26.1 Å². The highest BCUT2D eigenvalue weighted by atomic mass is 32.2. The fourth-order valence-corrected chi connectivity index (χ4v) is 3.36. The van der Waals surface area contributed by atoms with Crippen LogP contribution in [0.5, 0.6) is 0 Å². The summed E-state index contributed by atoms with van der Waals surface area (Å²) in [5.74, 6) is 0.667. The van der Waals surface area contributed by atoms with Crippen molar-refractivity contribution in [2.24, 2.45) is 0 Å². The first-order valence-corrected chi connectivity index (χ1v) is 9.43. The summed E-state index contributed by atoms with van der Waals surface area (Å²) < 4.78 is 29.6. The number of nitrogens with zero attached hydrogens (tertiary/aromatic N) is 1. The van der Waals surface area contributed by atoms with Gasteiger partial charge in [-0.1, -0.05) is 42.3 Å². The SMILES string of the molecule is Cc1ccc(S(=O)(=O)O)cc1.Cc1ccc2c(c1)C(C)C(C)N2C. The van der Waals surface area contributed by atoms with Crippen LogP contribution >= 0.6 is 0 Å². The van der Waals surface area contributed by atoms with Gasteiger partial charge in [-0.2, -0.15) is 8.42 Å². The van der Waals surface area contributed by atoms with Gasteiger partial charge in [-0.15, -0.1) is 0 Å². The molecule has 3 rings (SSSR count). The number of benzene rings is 2. The topological polar surface area (TPSA) is 57.6 Å². The number of aryl methyl sites for hydroxylation is 2. The Labute approximate surface area is 144 Å². The molecule has 0 aromatic heterocycles. The maximum atomic E-state index is 10.5. The van der Waals surface area contributed by atoms with Gasteiger partial charge in [0, 0.05) is 24.7 Å². The second-order valence-electron chi connectivity index (χ2n) is 6.49. The predicted molar refractivity (Wildman–Crippen MR) is 98.5 cm³/mol. The molecule has 130 valence electrons. The third kappa shape index (κ3) is 3.97. The largest absolute Gasteiger partial charge is 0.371 e. The van der Waals surface area contributed by atoms with Crippen LogP contribution in [0.25, 0.3) is 0 Å². The molecule has 24 heavy (non-hydrogen) atoms. The molecule has 5 heteroatoms. The number of likely N-dealkylation sites (N-methyl/N-ethyl adjacent to an activating group) is 1. The van der Waals surface area contributed by atoms with E-state index >= 15 is 0 Å². The molecular formula is C19H25NO3S. The summed E-state index contributed by atoms with van der Waals surface area (Å²) in [7, 11) is -1.84. The molecule has 2 atom stereocenters. The molecule has 2 aromatic carbocycles. The van der Waals surface area contributed by atoms with Crippen LogP contribution in [0.4, 0.5) is 5.69 Å². The second-order valence-corrected chi connectivity index (χ2v) is 7.91. The molecule has 0 spiro atoms. The third-order valence-corrected chi connectivity index (χ3v) is 5.57. The highest BCUT2D eigenvalue weighted by Crippen LogP contribution is 2.39. The van der Waals surface area contributed by atoms with Crippen molar-refractivity contribution in [2.45, 2.75) is 44.6 Å². The van der Waals surface area contributed by atoms with Crippen molar-refractivity contribution in [1.82, 2.24) is 0 Å². The van der Waals surface area contributed by atoms with Gasteiger partial charge in [0.15, 0.2) is 0 Å². The number of hydrogen-bond acceptors (Lipinski definition) is 3. The van der Waals surface area contributed by atoms with E-state index in [1.807, 2.05) is 6.92 Å². The van der Waals surface area contributed by atoms with E-state index in [-0.39, 0.29) is 4.90 Å². The van der Waals surface area contributed by atoms with Crippen LogP contribution in [0, 0.1) is 13.8 Å². The van der Waals surface area contributed by atoms with Gasteiger partial charge < -0.3 is 4.90 Å². The highest BCUT2D eigenvalue weighted by Gasteiger charge is 2.29. The Morgan fingerprint density at radius 2 is 1.50 bits per heavy atom. The summed E-state index contributed by atoms with van der Waals surface area (Å²) in [6, 6.07) is 13.4. The van der Waals surface area contributed by atoms with Gasteiger partial charge >= 0.3 is 0 Å². The van der Waals surface area contributed by atoms with Crippen molar-refractivity contribution in [1.29, 1.82) is 0 Å². The lowest BCUT2D eigenvalue weighted by Gasteiger charge is -2.20. The molecule has 1 aliphatic heterocycles. The number of anilines is 1. The molecule has 0 saturated heterocycles. The first kappa shape index (κ1) is 18.5. The van der Waals surface area contributed by atoms with Gasteiger partial charge in [0.1, 0.15) is 0 Å². The molecule has 2 aromatic rings. The molecule has 1 heterocycles. The van der Waals surface area contributed by atoms with Crippen molar-refractivity contribution in [2.75, 3.05) is 11.9 Å². The Hall–Kier alpha value is -1.85. The number of rotatable bonds is 1. The molecule has 2 unspecified atom stereocenters.